The molecule has 1 fully saturated rings. The van der Waals surface area contributed by atoms with Crippen molar-refractivity contribution >= 4 is 0 Å². The predicted molar refractivity (Wildman–Crippen MR) is 85.2 cm³/mol. The molecule has 1 N–H and O–H groups in total. The highest BCUT2D eigenvalue weighted by molar-refractivity contribution is 5.45. The Labute approximate surface area is 127 Å². The molecule has 0 aromatic heterocycles. The number of piperidine rings is 1. The minimum absolute atomic E-state index is 0.104. The normalized spacial score (nSPS) is 18.9. The summed E-state index contributed by atoms with van der Waals surface area (Å²) in [7, 11) is 1.69. The van der Waals surface area contributed by atoms with Gasteiger partial charge >= 0.3 is 0 Å². The molecular weight excluding hydrogens is 262 g/mol. The Morgan fingerprint density at radius 3 is 3.00 bits per heavy atom. The monoisotopic (exact) mass is 287 g/mol. The van der Waals surface area contributed by atoms with Gasteiger partial charge in [-0.2, -0.15) is 0 Å². The molecule has 1 unspecified atom stereocenters. The highest BCUT2D eigenvalue weighted by atomic mass is 16.5. The van der Waals surface area contributed by atoms with Gasteiger partial charge in [-0.1, -0.05) is 25.2 Å². The summed E-state index contributed by atoms with van der Waals surface area (Å²) >= 11 is 0. The topological polar surface area (TPSA) is 32.7 Å². The molecule has 0 aliphatic carbocycles. The van der Waals surface area contributed by atoms with Crippen LogP contribution in [-0.4, -0.2) is 36.8 Å². The van der Waals surface area contributed by atoms with Gasteiger partial charge in [0, 0.05) is 18.7 Å². The lowest BCUT2D eigenvalue weighted by molar-refractivity contribution is 0.164. The molecule has 1 aromatic carbocycles. The van der Waals surface area contributed by atoms with Gasteiger partial charge < -0.3 is 9.84 Å². The average Bonchev–Trinajstić information content (AvgIpc) is 2.53. The van der Waals surface area contributed by atoms with Crippen LogP contribution in [0.5, 0.6) is 5.75 Å². The molecule has 21 heavy (non-hydrogen) atoms. The first-order valence-corrected chi connectivity index (χ1v) is 7.75. The molecule has 0 amide bonds. The van der Waals surface area contributed by atoms with Crippen molar-refractivity contribution in [2.24, 2.45) is 5.92 Å². The number of ether oxygens (including phenoxy) is 1. The van der Waals surface area contributed by atoms with Gasteiger partial charge in [-0.25, -0.2) is 0 Å². The quantitative estimate of drug-likeness (QED) is 0.864. The van der Waals surface area contributed by atoms with E-state index in [1.807, 2.05) is 12.1 Å². The number of rotatable bonds is 4. The maximum absolute atomic E-state index is 8.90. The summed E-state index contributed by atoms with van der Waals surface area (Å²) in [6.45, 7) is 5.40. The first-order chi connectivity index (χ1) is 10.3. The number of aliphatic hydroxyl groups excluding tert-OH is 1. The van der Waals surface area contributed by atoms with Crippen LogP contribution in [0.3, 0.4) is 0 Å². The number of methoxy groups -OCH3 is 1. The van der Waals surface area contributed by atoms with E-state index in [1.54, 1.807) is 7.11 Å². The Hall–Kier alpha value is -1.50. The van der Waals surface area contributed by atoms with Crippen LogP contribution in [0.1, 0.15) is 37.3 Å². The number of aliphatic hydroxyl groups is 1. The lowest BCUT2D eigenvalue weighted by Crippen LogP contribution is -2.34. The van der Waals surface area contributed by atoms with Gasteiger partial charge in [0.2, 0.25) is 0 Å². The van der Waals surface area contributed by atoms with E-state index in [4.69, 9.17) is 9.84 Å². The maximum Gasteiger partial charge on any atom is 0.119 e. The van der Waals surface area contributed by atoms with Crippen LogP contribution in [0.25, 0.3) is 0 Å². The SMILES string of the molecule is CCC1CCCN(Cc2cc(OC)ccc2C#CCO)C1. The van der Waals surface area contributed by atoms with Gasteiger partial charge in [-0.3, -0.25) is 4.90 Å². The predicted octanol–water partition coefficient (Wildman–Crippen LogP) is 2.66. The van der Waals surface area contributed by atoms with E-state index in [0.717, 1.165) is 30.3 Å². The van der Waals surface area contributed by atoms with Crippen LogP contribution in [0.15, 0.2) is 18.2 Å². The largest absolute Gasteiger partial charge is 0.497 e. The van der Waals surface area contributed by atoms with Gasteiger partial charge in [-0.05, 0) is 49.1 Å². The van der Waals surface area contributed by atoms with Gasteiger partial charge in [0.15, 0.2) is 0 Å². The number of likely N-dealkylation sites (tertiary alicyclic amines) is 1. The zero-order chi connectivity index (χ0) is 15.1. The molecule has 0 radical (unpaired) electrons. The summed E-state index contributed by atoms with van der Waals surface area (Å²) in [6, 6.07) is 5.98. The molecule has 0 bridgehead atoms. The van der Waals surface area contributed by atoms with Crippen LogP contribution in [0.2, 0.25) is 0 Å². The van der Waals surface area contributed by atoms with Crippen molar-refractivity contribution in [3.05, 3.63) is 29.3 Å². The number of hydrogen-bond donors (Lipinski definition) is 1. The van der Waals surface area contributed by atoms with Crippen molar-refractivity contribution in [1.82, 2.24) is 4.90 Å². The lowest BCUT2D eigenvalue weighted by atomic mass is 9.95. The van der Waals surface area contributed by atoms with Gasteiger partial charge in [0.05, 0.1) is 7.11 Å². The Bertz CT molecular complexity index is 516. The molecule has 3 nitrogen and oxygen atoms in total. The third-order valence-corrected chi connectivity index (χ3v) is 4.19. The smallest absolute Gasteiger partial charge is 0.119 e. The van der Waals surface area contributed by atoms with Crippen molar-refractivity contribution in [2.75, 3.05) is 26.8 Å². The summed E-state index contributed by atoms with van der Waals surface area (Å²) in [5.74, 6) is 7.47. The number of nitrogens with zero attached hydrogens (tertiary/aromatic N) is 1. The van der Waals surface area contributed by atoms with E-state index in [9.17, 15) is 0 Å². The maximum atomic E-state index is 8.90. The molecule has 114 valence electrons. The van der Waals surface area contributed by atoms with E-state index in [2.05, 4.69) is 29.7 Å². The van der Waals surface area contributed by atoms with Crippen molar-refractivity contribution in [3.8, 4) is 17.6 Å². The molecule has 2 rings (SSSR count). The van der Waals surface area contributed by atoms with Crippen molar-refractivity contribution < 1.29 is 9.84 Å². The third-order valence-electron chi connectivity index (χ3n) is 4.19. The molecular formula is C18H25NO2. The van der Waals surface area contributed by atoms with Gasteiger partial charge in [0.1, 0.15) is 12.4 Å². The Balaban J connectivity index is 2.16. The highest BCUT2D eigenvalue weighted by Crippen LogP contribution is 2.24. The Morgan fingerprint density at radius 2 is 2.29 bits per heavy atom. The second-order valence-electron chi connectivity index (χ2n) is 5.63. The molecule has 0 saturated carbocycles. The summed E-state index contributed by atoms with van der Waals surface area (Å²) in [5.41, 5.74) is 2.18. The summed E-state index contributed by atoms with van der Waals surface area (Å²) in [5, 5.41) is 8.90. The molecule has 1 aromatic rings. The van der Waals surface area contributed by atoms with Crippen LogP contribution >= 0.6 is 0 Å². The fraction of sp³-hybridized carbons (Fsp3) is 0.556. The Kier molecular flexibility index (Phi) is 6.10. The van der Waals surface area contributed by atoms with Crippen molar-refractivity contribution in [1.29, 1.82) is 0 Å². The molecule has 1 saturated heterocycles. The lowest BCUT2D eigenvalue weighted by Gasteiger charge is -2.32. The van der Waals surface area contributed by atoms with Crippen molar-refractivity contribution in [3.63, 3.8) is 0 Å². The standard InChI is InChI=1S/C18H25NO2/c1-3-15-6-4-10-19(13-15)14-17-12-18(21-2)9-8-16(17)7-5-11-20/h8-9,12,15,20H,3-4,6,10-11,13-14H2,1-2H3. The zero-order valence-corrected chi connectivity index (χ0v) is 13.1. The molecule has 3 heteroatoms. The number of benzene rings is 1. The summed E-state index contributed by atoms with van der Waals surface area (Å²) in [6.07, 6.45) is 3.88. The second kappa shape index (κ2) is 8.07. The van der Waals surface area contributed by atoms with Crippen molar-refractivity contribution in [2.45, 2.75) is 32.7 Å². The molecule has 0 spiro atoms. The second-order valence-corrected chi connectivity index (χ2v) is 5.63. The van der Waals surface area contributed by atoms with Crippen LogP contribution in [-0.2, 0) is 6.54 Å². The van der Waals surface area contributed by atoms with Crippen LogP contribution < -0.4 is 4.74 Å². The average molecular weight is 287 g/mol. The van der Waals surface area contributed by atoms with E-state index in [-0.39, 0.29) is 6.61 Å². The number of hydrogen-bond acceptors (Lipinski definition) is 3. The van der Waals surface area contributed by atoms with Gasteiger partial charge in [0.25, 0.3) is 0 Å². The highest BCUT2D eigenvalue weighted by Gasteiger charge is 2.19. The molecule has 1 atom stereocenters. The fourth-order valence-corrected chi connectivity index (χ4v) is 2.95. The summed E-state index contributed by atoms with van der Waals surface area (Å²) < 4.78 is 5.33. The van der Waals surface area contributed by atoms with E-state index >= 15 is 0 Å². The van der Waals surface area contributed by atoms with Crippen LogP contribution in [0, 0.1) is 17.8 Å². The minimum Gasteiger partial charge on any atom is -0.497 e. The fourth-order valence-electron chi connectivity index (χ4n) is 2.95. The van der Waals surface area contributed by atoms with E-state index in [1.165, 1.54) is 31.4 Å². The van der Waals surface area contributed by atoms with Gasteiger partial charge in [-0.15, -0.1) is 0 Å². The van der Waals surface area contributed by atoms with Crippen LogP contribution in [0.4, 0.5) is 0 Å². The first-order valence-electron chi connectivity index (χ1n) is 7.75. The first kappa shape index (κ1) is 15.9. The van der Waals surface area contributed by atoms with E-state index in [0.29, 0.717) is 0 Å². The summed E-state index contributed by atoms with van der Waals surface area (Å²) in [4.78, 5) is 2.51. The Morgan fingerprint density at radius 1 is 1.43 bits per heavy atom. The zero-order valence-electron chi connectivity index (χ0n) is 13.1. The molecule has 1 aliphatic heterocycles. The molecule has 1 aliphatic rings. The molecule has 1 heterocycles. The minimum atomic E-state index is -0.104. The third kappa shape index (κ3) is 4.49. The van der Waals surface area contributed by atoms with E-state index < -0.39 is 0 Å².